The van der Waals surface area contributed by atoms with Gasteiger partial charge in [-0.15, -0.1) is 0 Å². The first-order valence-corrected chi connectivity index (χ1v) is 41.5. The number of carbonyl (C=O) groups is 9. The van der Waals surface area contributed by atoms with E-state index >= 15 is 0 Å². The predicted octanol–water partition coefficient (Wildman–Crippen LogP) is 13.1. The van der Waals surface area contributed by atoms with Crippen LogP contribution in [-0.4, -0.2) is 172 Å². The zero-order valence-electron chi connectivity index (χ0n) is 69.9. The van der Waals surface area contributed by atoms with Gasteiger partial charge in [-0.3, -0.25) is 43.2 Å². The smallest absolute Gasteiger partial charge is 0.308 e. The Morgan fingerprint density at radius 2 is 0.798 bits per heavy atom. The van der Waals surface area contributed by atoms with Crippen LogP contribution in [0, 0.1) is 133 Å². The Morgan fingerprint density at radius 3 is 1.13 bits per heavy atom. The number of hydrogen-bond donors (Lipinski definition) is 4. The molecule has 628 valence electrons. The molecule has 5 N–H and O–H groups in total. The summed E-state index contributed by atoms with van der Waals surface area (Å²) in [6, 6.07) is 43.4. The van der Waals surface area contributed by atoms with Crippen LogP contribution in [0.2, 0.25) is 0 Å². The number of hydrogen-bond acceptors (Lipinski definition) is 17. The molecule has 8 aliphatic heterocycles. The minimum Gasteiger partial charge on any atom is -0.481 e. The Hall–Kier alpha value is -11.6. The van der Waals surface area contributed by atoms with Crippen LogP contribution in [0.15, 0.2) is 131 Å². The molecule has 8 saturated heterocycles. The minimum absolute atomic E-state index is 0.00172. The molecule has 119 heavy (non-hydrogen) atoms. The van der Waals surface area contributed by atoms with Crippen molar-refractivity contribution in [1.29, 1.82) is 10.5 Å². The van der Waals surface area contributed by atoms with E-state index in [1.54, 1.807) is 31.7 Å². The van der Waals surface area contributed by atoms with Gasteiger partial charge >= 0.3 is 5.97 Å². The Kier molecular flexibility index (Phi) is 31.4. The van der Waals surface area contributed by atoms with E-state index in [2.05, 4.69) is 39.7 Å². The van der Waals surface area contributed by atoms with Crippen LogP contribution in [0.5, 0.6) is 0 Å². The summed E-state index contributed by atoms with van der Waals surface area (Å²) in [5.41, 5.74) is 22.1. The number of benzene rings is 6. The van der Waals surface area contributed by atoms with Crippen molar-refractivity contribution in [1.82, 2.24) is 30.2 Å². The average Bonchev–Trinajstić information content (AvgIpc) is 1.68. The number of anilines is 4. The molecule has 4 unspecified atom stereocenters. The molecule has 0 bridgehead atoms. The lowest BCUT2D eigenvalue weighted by Gasteiger charge is -2.32. The number of carboxylic acid groups (broad SMARTS) is 1. The number of amidine groups is 1. The van der Waals surface area contributed by atoms with Crippen LogP contribution >= 0.6 is 11.6 Å². The van der Waals surface area contributed by atoms with Crippen molar-refractivity contribution in [2.75, 3.05) is 98.1 Å². The normalized spacial score (nSPS) is 19.8. The molecule has 0 spiro atoms. The van der Waals surface area contributed by atoms with E-state index in [9.17, 15) is 43.2 Å². The summed E-state index contributed by atoms with van der Waals surface area (Å²) >= 11 is 5.22. The number of piperidine rings is 4. The van der Waals surface area contributed by atoms with Gasteiger partial charge in [0.05, 0.1) is 35.8 Å². The highest BCUT2D eigenvalue weighted by molar-refractivity contribution is 6.67. The summed E-state index contributed by atoms with van der Waals surface area (Å²) in [4.78, 5) is 126. The van der Waals surface area contributed by atoms with E-state index in [0.717, 1.165) is 113 Å². The SMILES string of the molecule is Cc1ccc(-c2nc(C3CCN(C(=O)C4CC(=O)N(c5ccc(C)c(C)c5)C4)CC3)no2)cc1.Cc1ccc(C(=O)Cl)cc1.Cc1ccc(N2CC(C(=O)N3CCC(/C(N)=N/O)CC3)CC2=O)cc1C.Cc1ccc(N2CC(C(=O)N3CCC(C#N)CC3)CC2=O)cc1C.Cc1ccc(N2CC(C(=O)O)CC2=O)cc1C.N#CC1CCNCC1. The second-order valence-electron chi connectivity index (χ2n) is 32.6. The fraction of sp³-hybridized carbons (Fsp3) is 0.457. The lowest BCUT2D eigenvalue weighted by molar-refractivity contribution is -0.141. The van der Waals surface area contributed by atoms with Crippen LogP contribution in [0.4, 0.5) is 22.7 Å². The maximum atomic E-state index is 13.2. The molecular formula is C92H111ClN14O12. The number of carbonyl (C=O) groups excluding carboxylic acids is 8. The highest BCUT2D eigenvalue weighted by Gasteiger charge is 2.42. The maximum absolute atomic E-state index is 13.2. The number of aliphatic carboxylic acids is 1. The maximum Gasteiger partial charge on any atom is 0.308 e. The molecule has 0 aliphatic carbocycles. The number of nitrogens with two attached hydrogens (primary N) is 1. The quantitative estimate of drug-likeness (QED) is 0.0290. The summed E-state index contributed by atoms with van der Waals surface area (Å²) in [5.74, 6) is -0.194. The van der Waals surface area contributed by atoms with Crippen molar-refractivity contribution in [3.8, 4) is 23.6 Å². The highest BCUT2D eigenvalue weighted by Crippen LogP contribution is 2.36. The van der Waals surface area contributed by atoms with Crippen molar-refractivity contribution >= 4 is 92.7 Å². The van der Waals surface area contributed by atoms with Gasteiger partial charge in [0.2, 0.25) is 41.4 Å². The topological polar surface area (TPSA) is 354 Å². The fourth-order valence-corrected chi connectivity index (χ4v) is 15.9. The number of amides is 7. The second kappa shape index (κ2) is 41.7. The Morgan fingerprint density at radius 1 is 0.462 bits per heavy atom. The third-order valence-corrected chi connectivity index (χ3v) is 24.4. The van der Waals surface area contributed by atoms with Crippen molar-refractivity contribution in [2.24, 2.45) is 52.3 Å². The molecule has 0 saturated carbocycles. The van der Waals surface area contributed by atoms with Gasteiger partial charge in [0, 0.05) is 149 Å². The van der Waals surface area contributed by atoms with Crippen LogP contribution in [0.25, 0.3) is 11.5 Å². The number of rotatable bonds is 12. The van der Waals surface area contributed by atoms with E-state index in [4.69, 9.17) is 42.7 Å². The van der Waals surface area contributed by atoms with Gasteiger partial charge in [0.1, 0.15) is 5.84 Å². The summed E-state index contributed by atoms with van der Waals surface area (Å²) in [7, 11) is 0. The molecule has 8 fully saturated rings. The second-order valence-corrected chi connectivity index (χ2v) is 32.9. The largest absolute Gasteiger partial charge is 0.481 e. The standard InChI is InChI=1S/C27H30N4O3.C19H26N4O3.C19H23N3O2.C13H15NO3.C8H7ClO.C6H10N2/c1-17-4-7-21(8-5-17)26-28-25(29-34-26)20-10-12-30(13-11-20)27(33)22-15-24(32)31(16-22)23-9-6-18(2)19(3)14-23;1-12-3-4-16(9-13(12)2)23-11-15(10-17(23)24)19(25)22-7-5-14(6-8-22)18(20)21-26;1-13-3-4-17(9-14(13)2)22-12-16(10-18(22)23)19(24)21-7-5-15(11-20)6-8-21;1-8-3-4-11(5-9(8)2)14-7-10(13(16)17)6-12(14)15;1-6-2-4-7(5-3-6)8(9)10;7-5-6-1-3-8-4-2-6/h4-9,14,20,22H,10-13,15-16H2,1-3H3;3-4,9,14-15,26H,5-8,10-11H2,1-2H3,(H2,20,21);3-4,9,15-16H,5-8,10,12H2,1-2H3;3-5,10H,6-7H2,1-2H3,(H,16,17);2-5H,1H3;6,8H,1-4H2. The zero-order valence-corrected chi connectivity index (χ0v) is 70.7. The number of oxime groups is 1. The lowest BCUT2D eigenvalue weighted by atomic mass is 9.94. The fourth-order valence-electron chi connectivity index (χ4n) is 15.8. The van der Waals surface area contributed by atoms with Crippen molar-refractivity contribution in [2.45, 2.75) is 152 Å². The van der Waals surface area contributed by atoms with E-state index in [0.29, 0.717) is 94.9 Å². The van der Waals surface area contributed by atoms with Gasteiger partial charge < -0.3 is 60.2 Å². The Labute approximate surface area is 702 Å². The van der Waals surface area contributed by atoms with E-state index < -0.39 is 17.1 Å². The first-order chi connectivity index (χ1) is 56.9. The first kappa shape index (κ1) is 89.7. The molecule has 4 atom stereocenters. The van der Waals surface area contributed by atoms with Crippen LogP contribution < -0.4 is 30.7 Å². The van der Waals surface area contributed by atoms with E-state index in [1.165, 1.54) is 22.3 Å². The van der Waals surface area contributed by atoms with Gasteiger partial charge in [-0.05, 0) is 263 Å². The summed E-state index contributed by atoms with van der Waals surface area (Å²) < 4.78 is 5.50. The lowest BCUT2D eigenvalue weighted by Crippen LogP contribution is -2.44. The molecular weight excluding hydrogens is 1530 g/mol. The summed E-state index contributed by atoms with van der Waals surface area (Å²) in [6.45, 7) is 27.6. The summed E-state index contributed by atoms with van der Waals surface area (Å²) in [6.07, 6.45) is 7.42. The number of nitriles is 2. The number of halogens is 1. The molecule has 9 heterocycles. The van der Waals surface area contributed by atoms with Crippen molar-refractivity contribution in [3.63, 3.8) is 0 Å². The van der Waals surface area contributed by atoms with Gasteiger partial charge in [-0.25, -0.2) is 0 Å². The zero-order chi connectivity index (χ0) is 85.9. The number of likely N-dealkylation sites (tertiary alicyclic amines) is 3. The van der Waals surface area contributed by atoms with Crippen LogP contribution in [-0.2, 0) is 38.4 Å². The van der Waals surface area contributed by atoms with Gasteiger partial charge in [0.25, 0.3) is 11.1 Å². The first-order valence-electron chi connectivity index (χ1n) is 41.1. The number of nitrogens with one attached hydrogen (secondary N) is 1. The number of nitrogens with zero attached hydrogens (tertiary/aromatic N) is 12. The van der Waals surface area contributed by atoms with E-state index in [1.807, 2.05) is 186 Å². The Bertz CT molecular complexity index is 4930. The average molecular weight is 1640 g/mol. The van der Waals surface area contributed by atoms with Gasteiger partial charge in [0.15, 0.2) is 5.82 Å². The Balaban J connectivity index is 0.000000158. The predicted molar refractivity (Wildman–Crippen MR) is 456 cm³/mol. The van der Waals surface area contributed by atoms with Gasteiger partial charge in [-0.1, -0.05) is 70.0 Å². The molecule has 1 aromatic heterocycles. The van der Waals surface area contributed by atoms with Crippen molar-refractivity contribution in [3.05, 3.63) is 188 Å². The molecule has 27 heteroatoms. The molecule has 15 rings (SSSR count). The molecule has 7 amide bonds. The third-order valence-electron chi connectivity index (χ3n) is 24.1. The minimum atomic E-state index is -0.898. The monoisotopic (exact) mass is 1640 g/mol. The van der Waals surface area contributed by atoms with Crippen molar-refractivity contribution < 1.29 is 58.0 Å². The van der Waals surface area contributed by atoms with Gasteiger partial charge in [-0.2, -0.15) is 15.5 Å². The van der Waals surface area contributed by atoms with E-state index in [-0.39, 0.29) is 115 Å². The molecule has 0 radical (unpaired) electrons. The summed E-state index contributed by atoms with van der Waals surface area (Å²) in [5, 5.41) is 45.1. The molecule has 6 aromatic carbocycles. The molecule has 7 aromatic rings. The van der Waals surface area contributed by atoms with Crippen LogP contribution in [0.3, 0.4) is 0 Å². The number of aryl methyl sites for hydroxylation is 10. The number of carboxylic acids is 1. The highest BCUT2D eigenvalue weighted by atomic mass is 35.5. The molecule has 26 nitrogen and oxygen atoms in total. The number of aromatic nitrogens is 2. The van der Waals surface area contributed by atoms with Crippen LogP contribution in [0.1, 0.15) is 155 Å². The third kappa shape index (κ3) is 23.7. The molecule has 8 aliphatic rings.